The lowest BCUT2D eigenvalue weighted by Crippen LogP contribution is -2.66. The average Bonchev–Trinajstić information content (AvgIpc) is 2.15. The Morgan fingerprint density at radius 1 is 1.38 bits per heavy atom. The van der Waals surface area contributed by atoms with Gasteiger partial charge in [-0.2, -0.15) is 0 Å². The molecular formula is C9H14N2O2. The number of nitrogens with zero attached hydrogens (tertiary/aromatic N) is 1. The zero-order chi connectivity index (χ0) is 9.69. The number of nitrogens with one attached hydrogen (secondary N) is 1. The lowest BCUT2D eigenvalue weighted by Gasteiger charge is -2.46. The zero-order valence-electron chi connectivity index (χ0n) is 7.87. The molecule has 2 atom stereocenters. The summed E-state index contributed by atoms with van der Waals surface area (Å²) in [5, 5.41) is 12.4. The molecular weight excluding hydrogens is 168 g/mol. The number of hydrogen-bond donors (Lipinski definition) is 2. The van der Waals surface area contributed by atoms with E-state index in [0.717, 1.165) is 0 Å². The van der Waals surface area contributed by atoms with Crippen LogP contribution in [0.4, 0.5) is 4.79 Å². The van der Waals surface area contributed by atoms with Crippen molar-refractivity contribution in [2.75, 3.05) is 13.1 Å². The highest BCUT2D eigenvalue weighted by Gasteiger charge is 2.51. The van der Waals surface area contributed by atoms with Crippen LogP contribution in [0.2, 0.25) is 0 Å². The van der Waals surface area contributed by atoms with E-state index in [0.29, 0.717) is 13.1 Å². The molecule has 2 aliphatic heterocycles. The molecule has 4 heteroatoms. The third kappa shape index (κ3) is 0.983. The molecule has 1 fully saturated rings. The predicted molar refractivity (Wildman–Crippen MR) is 48.7 cm³/mol. The molecule has 4 nitrogen and oxygen atoms in total. The van der Waals surface area contributed by atoms with E-state index in [9.17, 15) is 4.79 Å². The Labute approximate surface area is 77.2 Å². The van der Waals surface area contributed by atoms with Gasteiger partial charge in [-0.1, -0.05) is 12.2 Å². The van der Waals surface area contributed by atoms with Crippen LogP contribution in [-0.2, 0) is 0 Å². The molecule has 2 bridgehead atoms. The zero-order valence-corrected chi connectivity index (χ0v) is 7.87. The van der Waals surface area contributed by atoms with Gasteiger partial charge in [0.2, 0.25) is 0 Å². The second-order valence-corrected chi connectivity index (χ2v) is 4.27. The van der Waals surface area contributed by atoms with Gasteiger partial charge in [-0.3, -0.25) is 4.90 Å². The molecule has 0 aromatic heterocycles. The number of rotatable bonds is 0. The van der Waals surface area contributed by atoms with Gasteiger partial charge < -0.3 is 10.4 Å². The Balaban J connectivity index is 2.42. The first kappa shape index (κ1) is 8.56. The summed E-state index contributed by atoms with van der Waals surface area (Å²) < 4.78 is 0. The van der Waals surface area contributed by atoms with Crippen molar-refractivity contribution in [3.63, 3.8) is 0 Å². The summed E-state index contributed by atoms with van der Waals surface area (Å²) in [6.45, 7) is 5.28. The summed E-state index contributed by atoms with van der Waals surface area (Å²) in [7, 11) is 0. The molecule has 0 spiro atoms. The van der Waals surface area contributed by atoms with Crippen LogP contribution in [0.15, 0.2) is 12.2 Å². The van der Waals surface area contributed by atoms with E-state index in [4.69, 9.17) is 5.11 Å². The molecule has 2 N–H and O–H groups in total. The molecule has 1 saturated heterocycles. The predicted octanol–water partition coefficient (Wildman–Crippen LogP) is 0.657. The van der Waals surface area contributed by atoms with Crippen molar-refractivity contribution in [1.82, 2.24) is 10.2 Å². The highest BCUT2D eigenvalue weighted by atomic mass is 16.4. The summed E-state index contributed by atoms with van der Waals surface area (Å²) in [5.41, 5.74) is -0.725. The molecule has 72 valence electrons. The van der Waals surface area contributed by atoms with Gasteiger partial charge in [0.1, 0.15) is 0 Å². The van der Waals surface area contributed by atoms with Crippen LogP contribution >= 0.6 is 0 Å². The van der Waals surface area contributed by atoms with E-state index >= 15 is 0 Å². The molecule has 0 aromatic rings. The van der Waals surface area contributed by atoms with Gasteiger partial charge in [0.25, 0.3) is 0 Å². The maximum atomic E-state index is 11.1. The minimum absolute atomic E-state index is 0.362. The SMILES string of the molecule is CC12C=CC(C)(CNC1)N2C(=O)O. The van der Waals surface area contributed by atoms with Gasteiger partial charge in [-0.25, -0.2) is 4.79 Å². The topological polar surface area (TPSA) is 52.6 Å². The van der Waals surface area contributed by atoms with Crippen molar-refractivity contribution in [3.8, 4) is 0 Å². The van der Waals surface area contributed by atoms with E-state index in [2.05, 4.69) is 5.32 Å². The first-order valence-corrected chi connectivity index (χ1v) is 4.42. The maximum absolute atomic E-state index is 11.1. The monoisotopic (exact) mass is 182 g/mol. The van der Waals surface area contributed by atoms with Crippen LogP contribution in [0.5, 0.6) is 0 Å². The number of piperazine rings is 1. The fourth-order valence-electron chi connectivity index (χ4n) is 2.37. The van der Waals surface area contributed by atoms with E-state index in [1.165, 1.54) is 4.90 Å². The lowest BCUT2D eigenvalue weighted by molar-refractivity contribution is 0.0438. The van der Waals surface area contributed by atoms with Crippen LogP contribution in [0.1, 0.15) is 13.8 Å². The Morgan fingerprint density at radius 2 is 1.85 bits per heavy atom. The smallest absolute Gasteiger partial charge is 0.408 e. The summed E-state index contributed by atoms with van der Waals surface area (Å²) >= 11 is 0. The minimum Gasteiger partial charge on any atom is -0.465 e. The first-order valence-electron chi connectivity index (χ1n) is 4.42. The molecule has 0 aromatic carbocycles. The van der Waals surface area contributed by atoms with Crippen LogP contribution in [0, 0.1) is 0 Å². The Hall–Kier alpha value is -1.03. The molecule has 13 heavy (non-hydrogen) atoms. The largest absolute Gasteiger partial charge is 0.465 e. The minimum atomic E-state index is -0.837. The number of amides is 1. The highest BCUT2D eigenvalue weighted by Crippen LogP contribution is 2.37. The van der Waals surface area contributed by atoms with Crippen molar-refractivity contribution in [3.05, 3.63) is 12.2 Å². The van der Waals surface area contributed by atoms with Crippen molar-refractivity contribution in [2.24, 2.45) is 0 Å². The quantitative estimate of drug-likeness (QED) is 0.541. The average molecular weight is 182 g/mol. The fourth-order valence-corrected chi connectivity index (χ4v) is 2.37. The number of carbonyl (C=O) groups is 1. The number of fused-ring (bicyclic) bond motifs is 2. The van der Waals surface area contributed by atoms with Gasteiger partial charge in [0, 0.05) is 13.1 Å². The van der Waals surface area contributed by atoms with E-state index in [1.807, 2.05) is 26.0 Å². The van der Waals surface area contributed by atoms with Gasteiger partial charge >= 0.3 is 6.09 Å². The van der Waals surface area contributed by atoms with Crippen molar-refractivity contribution in [2.45, 2.75) is 24.9 Å². The molecule has 2 rings (SSSR count). The molecule has 2 heterocycles. The lowest BCUT2D eigenvalue weighted by atomic mass is 9.95. The van der Waals surface area contributed by atoms with Crippen molar-refractivity contribution < 1.29 is 9.90 Å². The Bertz CT molecular complexity index is 269. The number of hydrogen-bond acceptors (Lipinski definition) is 2. The van der Waals surface area contributed by atoms with Crippen LogP contribution in [0.3, 0.4) is 0 Å². The number of carboxylic acid groups (broad SMARTS) is 1. The molecule has 2 aliphatic rings. The second kappa shape index (κ2) is 2.26. The van der Waals surface area contributed by atoms with Gasteiger partial charge in [-0.05, 0) is 13.8 Å². The van der Waals surface area contributed by atoms with E-state index in [1.54, 1.807) is 0 Å². The van der Waals surface area contributed by atoms with Crippen LogP contribution in [-0.4, -0.2) is 40.3 Å². The molecule has 0 saturated carbocycles. The van der Waals surface area contributed by atoms with Gasteiger partial charge in [0.05, 0.1) is 11.1 Å². The normalized spacial score (nSPS) is 42.5. The standard InChI is InChI=1S/C9H14N2O2/c1-8-3-4-9(2,6-10-5-8)11(8)7(12)13/h3-4,10H,5-6H2,1-2H3,(H,12,13). The second-order valence-electron chi connectivity index (χ2n) is 4.27. The summed E-state index contributed by atoms with van der Waals surface area (Å²) in [4.78, 5) is 12.6. The van der Waals surface area contributed by atoms with Crippen molar-refractivity contribution >= 4 is 6.09 Å². The molecule has 2 unspecified atom stereocenters. The van der Waals surface area contributed by atoms with E-state index < -0.39 is 6.09 Å². The Kier molecular flexibility index (Phi) is 1.49. The maximum Gasteiger partial charge on any atom is 0.408 e. The fraction of sp³-hybridized carbons (Fsp3) is 0.667. The summed E-state index contributed by atoms with van der Waals surface area (Å²) in [6, 6.07) is 0. The first-order chi connectivity index (χ1) is 5.98. The third-order valence-corrected chi connectivity index (χ3v) is 2.98. The molecule has 1 amide bonds. The van der Waals surface area contributed by atoms with Gasteiger partial charge in [0.15, 0.2) is 0 Å². The van der Waals surface area contributed by atoms with Crippen LogP contribution < -0.4 is 5.32 Å². The molecule has 0 radical (unpaired) electrons. The molecule has 0 aliphatic carbocycles. The highest BCUT2D eigenvalue weighted by molar-refractivity contribution is 5.70. The van der Waals surface area contributed by atoms with E-state index in [-0.39, 0.29) is 11.1 Å². The van der Waals surface area contributed by atoms with Gasteiger partial charge in [-0.15, -0.1) is 0 Å². The van der Waals surface area contributed by atoms with Crippen molar-refractivity contribution in [1.29, 1.82) is 0 Å². The third-order valence-electron chi connectivity index (χ3n) is 2.98. The summed E-state index contributed by atoms with van der Waals surface area (Å²) in [6.07, 6.45) is 3.14. The Morgan fingerprint density at radius 3 is 2.15 bits per heavy atom. The van der Waals surface area contributed by atoms with Crippen LogP contribution in [0.25, 0.3) is 0 Å². The summed E-state index contributed by atoms with van der Waals surface area (Å²) in [5.74, 6) is 0.